The lowest BCUT2D eigenvalue weighted by Gasteiger charge is -2.44. The number of carbonyl (C=O) groups excluding carboxylic acids is 1. The summed E-state index contributed by atoms with van der Waals surface area (Å²) in [5, 5.41) is 10.4. The van der Waals surface area contributed by atoms with Gasteiger partial charge in [0.15, 0.2) is 30.5 Å². The van der Waals surface area contributed by atoms with E-state index in [1.54, 1.807) is 0 Å². The van der Waals surface area contributed by atoms with Crippen molar-refractivity contribution in [2.24, 2.45) is 23.5 Å². The summed E-state index contributed by atoms with van der Waals surface area (Å²) < 4.78 is 25.7. The van der Waals surface area contributed by atoms with E-state index in [1.807, 2.05) is 0 Å². The lowest BCUT2D eigenvalue weighted by Crippen LogP contribution is -2.63. The Bertz CT molecular complexity index is 881. The van der Waals surface area contributed by atoms with E-state index >= 15 is 0 Å². The van der Waals surface area contributed by atoms with Crippen molar-refractivity contribution in [1.82, 2.24) is 0 Å². The first-order valence-corrected chi connectivity index (χ1v) is 22.7. The Hall–Kier alpha value is -0.549. The van der Waals surface area contributed by atoms with E-state index in [-0.39, 0.29) is 27.0 Å². The molecule has 0 amide bonds. The number of hydrogen-bond donors (Lipinski definition) is 1. The molecular weight excluding hydrogens is 529 g/mol. The van der Waals surface area contributed by atoms with Gasteiger partial charge in [0, 0.05) is 25.0 Å². The number of nitriles is 1. The van der Waals surface area contributed by atoms with Crippen LogP contribution in [0.15, 0.2) is 0 Å². The quantitative estimate of drug-likeness (QED) is 0.237. The summed E-state index contributed by atoms with van der Waals surface area (Å²) in [4.78, 5) is 13.4. The normalized spacial score (nSPS) is 27.8. The minimum atomic E-state index is -2.41. The van der Waals surface area contributed by atoms with Crippen LogP contribution in [0, 0.1) is 29.1 Å². The third kappa shape index (κ3) is 7.01. The van der Waals surface area contributed by atoms with Gasteiger partial charge in [0.1, 0.15) is 0 Å². The second kappa shape index (κ2) is 11.4. The summed E-state index contributed by atoms with van der Waals surface area (Å²) in [6.07, 6.45) is -0.724. The van der Waals surface area contributed by atoms with Gasteiger partial charge in [0.2, 0.25) is 0 Å². The molecule has 1 rings (SSSR count). The van der Waals surface area contributed by atoms with Crippen LogP contribution in [-0.4, -0.2) is 62.9 Å². The molecule has 7 nitrogen and oxygen atoms in total. The van der Waals surface area contributed by atoms with Gasteiger partial charge in [-0.1, -0.05) is 62.3 Å². The molecule has 0 bridgehead atoms. The number of nitrogens with two attached hydrogens (primary N) is 1. The predicted molar refractivity (Wildman–Crippen MR) is 163 cm³/mol. The molecule has 0 spiro atoms. The van der Waals surface area contributed by atoms with E-state index in [0.29, 0.717) is 13.2 Å². The van der Waals surface area contributed by atoms with Gasteiger partial charge in [-0.3, -0.25) is 0 Å². The fraction of sp³-hybridized carbons (Fsp3) is 0.929. The van der Waals surface area contributed by atoms with Crippen LogP contribution in [0.2, 0.25) is 54.4 Å². The second-order valence-electron chi connectivity index (χ2n) is 15.8. The van der Waals surface area contributed by atoms with E-state index in [2.05, 4.69) is 108 Å². The predicted octanol–water partition coefficient (Wildman–Crippen LogP) is 6.68. The Morgan fingerprint density at radius 1 is 0.789 bits per heavy atom. The highest BCUT2D eigenvalue weighted by Gasteiger charge is 2.66. The first-order chi connectivity index (χ1) is 16.7. The Morgan fingerprint density at radius 2 is 1.16 bits per heavy atom. The average Bonchev–Trinajstić information content (AvgIpc) is 2.95. The zero-order valence-corrected chi connectivity index (χ0v) is 30.3. The maximum atomic E-state index is 13.4. The van der Waals surface area contributed by atoms with Crippen LogP contribution >= 0.6 is 0 Å². The van der Waals surface area contributed by atoms with Gasteiger partial charge in [0.05, 0.1) is 25.2 Å². The molecule has 38 heavy (non-hydrogen) atoms. The van der Waals surface area contributed by atoms with Crippen LogP contribution in [0.5, 0.6) is 0 Å². The first kappa shape index (κ1) is 35.5. The number of nitrogens with zero attached hydrogens (tertiary/aromatic N) is 1. The summed E-state index contributed by atoms with van der Waals surface area (Å²) >= 11 is 0. The molecule has 1 aliphatic carbocycles. The number of methoxy groups -OCH3 is 1. The minimum Gasteiger partial charge on any atom is -0.468 e. The van der Waals surface area contributed by atoms with Crippen molar-refractivity contribution < 1.29 is 22.8 Å². The summed E-state index contributed by atoms with van der Waals surface area (Å²) in [5.74, 6) is -2.07. The summed E-state index contributed by atoms with van der Waals surface area (Å²) in [6, 6.07) is 2.41. The Morgan fingerprint density at radius 3 is 1.47 bits per heavy atom. The molecule has 0 aromatic heterocycles. The molecule has 0 radical (unpaired) electrons. The second-order valence-corrected chi connectivity index (χ2v) is 30.2. The van der Waals surface area contributed by atoms with Gasteiger partial charge < -0.3 is 23.7 Å². The number of esters is 1. The Kier molecular flexibility index (Phi) is 10.6. The monoisotopic (exact) mass is 586 g/mol. The smallest absolute Gasteiger partial charge is 0.329 e. The van der Waals surface area contributed by atoms with Gasteiger partial charge in [-0.25, -0.2) is 4.79 Å². The molecule has 0 aromatic carbocycles. The topological polar surface area (TPSA) is 104 Å². The van der Waals surface area contributed by atoms with Crippen LogP contribution in [0.3, 0.4) is 0 Å². The Balaban J connectivity index is 3.74. The molecule has 1 aliphatic rings. The summed E-state index contributed by atoms with van der Waals surface area (Å²) in [7, 11) is -5.37. The van der Waals surface area contributed by atoms with Crippen molar-refractivity contribution in [1.29, 1.82) is 5.26 Å². The SMILES string of the molecule is COC(=O)[C@]1(N)[C@@H](C#N)[C@H](CO[Si](C)(C)C(C)(C)C)[C@@H](CO[Si](C)(C)C(C)(C)C)[C@@H]1O[Si](C)(C)C(C)(C)C. The van der Waals surface area contributed by atoms with Crippen LogP contribution in [0.1, 0.15) is 62.3 Å². The molecule has 0 heterocycles. The van der Waals surface area contributed by atoms with E-state index in [9.17, 15) is 10.1 Å². The van der Waals surface area contributed by atoms with Crippen molar-refractivity contribution in [3.8, 4) is 6.07 Å². The van der Waals surface area contributed by atoms with Crippen molar-refractivity contribution in [3.63, 3.8) is 0 Å². The van der Waals surface area contributed by atoms with Crippen molar-refractivity contribution >= 4 is 30.9 Å². The van der Waals surface area contributed by atoms with Gasteiger partial charge in [0.25, 0.3) is 0 Å². The molecule has 1 fully saturated rings. The van der Waals surface area contributed by atoms with Crippen LogP contribution in [-0.2, 0) is 22.8 Å². The average molecular weight is 587 g/mol. The third-order valence-electron chi connectivity index (χ3n) is 10.1. The summed E-state index contributed by atoms with van der Waals surface area (Å²) in [5.41, 5.74) is 5.38. The summed E-state index contributed by atoms with van der Waals surface area (Å²) in [6.45, 7) is 33.5. The standard InChI is InChI=1S/C28H58N2O5Si3/c1-25(2,3)36(11,12)33-18-20-21(19-34-37(13,14)26(4,5)6)23(35-38(15,16)27(7,8)9)28(30,22(20)17-29)24(31)32-10/h20-23H,18-19,30H2,1-16H3/t20-,21-,22+,23+,28+/m1/s1. The van der Waals surface area contributed by atoms with Gasteiger partial charge in [-0.05, 0) is 54.4 Å². The van der Waals surface area contributed by atoms with E-state index in [0.717, 1.165) is 0 Å². The van der Waals surface area contributed by atoms with Crippen molar-refractivity contribution in [3.05, 3.63) is 0 Å². The fourth-order valence-corrected chi connectivity index (χ4v) is 7.57. The first-order valence-electron chi connectivity index (χ1n) is 13.9. The molecule has 1 saturated carbocycles. The third-order valence-corrected chi connectivity index (χ3v) is 23.6. The maximum absolute atomic E-state index is 13.4. The van der Waals surface area contributed by atoms with Gasteiger partial charge in [-0.2, -0.15) is 5.26 Å². The largest absolute Gasteiger partial charge is 0.468 e. The van der Waals surface area contributed by atoms with Crippen LogP contribution < -0.4 is 5.73 Å². The highest BCUT2D eigenvalue weighted by Crippen LogP contribution is 2.51. The molecule has 5 atom stereocenters. The minimum absolute atomic E-state index is 0.0000728. The van der Waals surface area contributed by atoms with Crippen molar-refractivity contribution in [2.75, 3.05) is 20.3 Å². The van der Waals surface area contributed by atoms with Crippen molar-refractivity contribution in [2.45, 2.75) is 128 Å². The van der Waals surface area contributed by atoms with Gasteiger partial charge >= 0.3 is 5.97 Å². The Labute approximate surface area is 236 Å². The number of hydrogen-bond acceptors (Lipinski definition) is 7. The lowest BCUT2D eigenvalue weighted by molar-refractivity contribution is -0.152. The lowest BCUT2D eigenvalue weighted by atomic mass is 9.84. The fourth-order valence-electron chi connectivity index (χ4n) is 4.13. The number of carbonyl (C=O) groups is 1. The molecular formula is C28H58N2O5Si3. The van der Waals surface area contributed by atoms with Gasteiger partial charge in [-0.15, -0.1) is 0 Å². The maximum Gasteiger partial charge on any atom is 0.329 e. The van der Waals surface area contributed by atoms with Crippen LogP contribution in [0.4, 0.5) is 0 Å². The molecule has 0 aliphatic heterocycles. The number of rotatable bonds is 9. The molecule has 2 N–H and O–H groups in total. The molecule has 10 heteroatoms. The van der Waals surface area contributed by atoms with E-state index in [1.165, 1.54) is 7.11 Å². The number of ether oxygens (including phenoxy) is 1. The van der Waals surface area contributed by atoms with E-state index in [4.69, 9.17) is 23.7 Å². The highest BCUT2D eigenvalue weighted by atomic mass is 28.4. The molecule has 222 valence electrons. The zero-order chi connectivity index (χ0) is 30.3. The molecule has 0 saturated heterocycles. The molecule has 0 aromatic rings. The van der Waals surface area contributed by atoms with E-state index < -0.39 is 48.5 Å². The zero-order valence-electron chi connectivity index (χ0n) is 27.3. The molecule has 0 unspecified atom stereocenters. The van der Waals surface area contributed by atoms with Crippen LogP contribution in [0.25, 0.3) is 0 Å². The highest BCUT2D eigenvalue weighted by molar-refractivity contribution is 6.75.